The molecule has 1 aromatic heterocycles. The van der Waals surface area contributed by atoms with Crippen LogP contribution in [0.5, 0.6) is 0 Å². The SMILES string of the molecule is COC(=O)c1cn(C2CCOCC2)c(=O)cc1N. The van der Waals surface area contributed by atoms with Gasteiger partial charge in [-0.15, -0.1) is 0 Å². The number of nitrogens with zero attached hydrogens (tertiary/aromatic N) is 1. The Morgan fingerprint density at radius 2 is 2.17 bits per heavy atom. The van der Waals surface area contributed by atoms with Crippen LogP contribution in [0.4, 0.5) is 5.69 Å². The predicted molar refractivity (Wildman–Crippen MR) is 65.5 cm³/mol. The summed E-state index contributed by atoms with van der Waals surface area (Å²) in [6.45, 7) is 1.24. The van der Waals surface area contributed by atoms with E-state index in [0.717, 1.165) is 12.8 Å². The minimum absolute atomic E-state index is 0.0512. The third kappa shape index (κ3) is 2.38. The van der Waals surface area contributed by atoms with Gasteiger partial charge < -0.3 is 19.8 Å². The topological polar surface area (TPSA) is 83.5 Å². The molecule has 0 aromatic carbocycles. The third-order valence-corrected chi connectivity index (χ3v) is 3.10. The van der Waals surface area contributed by atoms with Crippen molar-refractivity contribution in [2.24, 2.45) is 0 Å². The quantitative estimate of drug-likeness (QED) is 0.778. The van der Waals surface area contributed by atoms with Crippen molar-refractivity contribution >= 4 is 11.7 Å². The Bertz CT molecular complexity index is 503. The summed E-state index contributed by atoms with van der Waals surface area (Å²) >= 11 is 0. The lowest BCUT2D eigenvalue weighted by molar-refractivity contribution is 0.0596. The summed E-state index contributed by atoms with van der Waals surface area (Å²) in [5.41, 5.74) is 5.83. The van der Waals surface area contributed by atoms with Crippen LogP contribution < -0.4 is 11.3 Å². The average Bonchev–Trinajstić information content (AvgIpc) is 2.39. The van der Waals surface area contributed by atoms with Crippen molar-refractivity contribution < 1.29 is 14.3 Å². The molecule has 0 spiro atoms. The first-order valence-corrected chi connectivity index (χ1v) is 5.81. The second kappa shape index (κ2) is 5.22. The molecular weight excluding hydrogens is 236 g/mol. The Morgan fingerprint density at radius 3 is 2.78 bits per heavy atom. The fraction of sp³-hybridized carbons (Fsp3) is 0.500. The zero-order valence-electron chi connectivity index (χ0n) is 10.2. The van der Waals surface area contributed by atoms with E-state index in [2.05, 4.69) is 4.74 Å². The van der Waals surface area contributed by atoms with Gasteiger partial charge in [0.15, 0.2) is 0 Å². The van der Waals surface area contributed by atoms with E-state index in [4.69, 9.17) is 10.5 Å². The Labute approximate surface area is 104 Å². The second-order valence-electron chi connectivity index (χ2n) is 4.22. The van der Waals surface area contributed by atoms with Crippen LogP contribution >= 0.6 is 0 Å². The van der Waals surface area contributed by atoms with Gasteiger partial charge in [-0.05, 0) is 12.8 Å². The number of hydrogen-bond donors (Lipinski definition) is 1. The highest BCUT2D eigenvalue weighted by atomic mass is 16.5. The lowest BCUT2D eigenvalue weighted by Gasteiger charge is -2.24. The van der Waals surface area contributed by atoms with Gasteiger partial charge in [0.05, 0.1) is 18.4 Å². The highest BCUT2D eigenvalue weighted by Crippen LogP contribution is 2.20. The predicted octanol–water partition coefficient (Wildman–Crippen LogP) is 0.569. The highest BCUT2D eigenvalue weighted by Gasteiger charge is 2.20. The number of pyridine rings is 1. The molecule has 2 heterocycles. The monoisotopic (exact) mass is 252 g/mol. The number of anilines is 1. The second-order valence-corrected chi connectivity index (χ2v) is 4.22. The number of hydrogen-bond acceptors (Lipinski definition) is 5. The van der Waals surface area contributed by atoms with Gasteiger partial charge in [-0.25, -0.2) is 4.79 Å². The molecule has 2 N–H and O–H groups in total. The van der Waals surface area contributed by atoms with Crippen molar-refractivity contribution in [2.75, 3.05) is 26.1 Å². The summed E-state index contributed by atoms with van der Waals surface area (Å²) in [6.07, 6.45) is 2.99. The van der Waals surface area contributed by atoms with Crippen molar-refractivity contribution in [1.29, 1.82) is 0 Å². The molecule has 1 aliphatic heterocycles. The Balaban J connectivity index is 2.40. The fourth-order valence-corrected chi connectivity index (χ4v) is 2.09. The van der Waals surface area contributed by atoms with Crippen molar-refractivity contribution in [2.45, 2.75) is 18.9 Å². The van der Waals surface area contributed by atoms with Gasteiger partial charge in [0.25, 0.3) is 5.56 Å². The van der Waals surface area contributed by atoms with E-state index >= 15 is 0 Å². The van der Waals surface area contributed by atoms with E-state index in [0.29, 0.717) is 13.2 Å². The van der Waals surface area contributed by atoms with Crippen LogP contribution in [0.3, 0.4) is 0 Å². The molecule has 1 aliphatic rings. The summed E-state index contributed by atoms with van der Waals surface area (Å²) in [4.78, 5) is 23.4. The Hall–Kier alpha value is -1.82. The Kier molecular flexibility index (Phi) is 3.66. The van der Waals surface area contributed by atoms with E-state index in [1.54, 1.807) is 4.57 Å². The number of carbonyl (C=O) groups excluding carboxylic acids is 1. The van der Waals surface area contributed by atoms with E-state index in [1.165, 1.54) is 19.4 Å². The molecule has 6 nitrogen and oxygen atoms in total. The van der Waals surface area contributed by atoms with Crippen LogP contribution in [-0.4, -0.2) is 30.9 Å². The van der Waals surface area contributed by atoms with Crippen molar-refractivity contribution in [3.05, 3.63) is 28.2 Å². The standard InChI is InChI=1S/C12H16N2O4/c1-17-12(16)9-7-14(11(15)6-10(9)13)8-2-4-18-5-3-8/h6-8H,2-5,13H2,1H3. The number of rotatable bonds is 2. The number of methoxy groups -OCH3 is 1. The molecule has 1 aromatic rings. The largest absolute Gasteiger partial charge is 0.465 e. The van der Waals surface area contributed by atoms with Crippen LogP contribution in [0.15, 0.2) is 17.1 Å². The first-order valence-electron chi connectivity index (χ1n) is 5.81. The fourth-order valence-electron chi connectivity index (χ4n) is 2.09. The van der Waals surface area contributed by atoms with E-state index in [-0.39, 0.29) is 22.9 Å². The molecule has 0 unspecified atom stereocenters. The van der Waals surface area contributed by atoms with Gasteiger partial charge in [-0.2, -0.15) is 0 Å². The van der Waals surface area contributed by atoms with Crippen molar-refractivity contribution in [3.63, 3.8) is 0 Å². The lowest BCUT2D eigenvalue weighted by atomic mass is 10.1. The number of carbonyl (C=O) groups is 1. The maximum atomic E-state index is 11.9. The van der Waals surface area contributed by atoms with E-state index < -0.39 is 5.97 Å². The normalized spacial score (nSPS) is 16.5. The van der Waals surface area contributed by atoms with Crippen LogP contribution in [0, 0.1) is 0 Å². The van der Waals surface area contributed by atoms with Crippen LogP contribution in [0.2, 0.25) is 0 Å². The molecule has 0 saturated carbocycles. The average molecular weight is 252 g/mol. The third-order valence-electron chi connectivity index (χ3n) is 3.10. The Morgan fingerprint density at radius 1 is 1.50 bits per heavy atom. The number of esters is 1. The zero-order valence-corrected chi connectivity index (χ0v) is 10.2. The molecule has 0 bridgehead atoms. The smallest absolute Gasteiger partial charge is 0.341 e. The van der Waals surface area contributed by atoms with Crippen LogP contribution in [0.25, 0.3) is 0 Å². The number of ether oxygens (including phenoxy) is 2. The summed E-state index contributed by atoms with van der Waals surface area (Å²) in [5, 5.41) is 0. The van der Waals surface area contributed by atoms with Crippen LogP contribution in [0.1, 0.15) is 29.2 Å². The maximum Gasteiger partial charge on any atom is 0.341 e. The molecule has 0 atom stereocenters. The molecule has 0 aliphatic carbocycles. The van der Waals surface area contributed by atoms with Gasteiger partial charge in [0, 0.05) is 31.5 Å². The molecule has 0 amide bonds. The molecule has 1 saturated heterocycles. The van der Waals surface area contributed by atoms with Gasteiger partial charge in [-0.1, -0.05) is 0 Å². The molecule has 18 heavy (non-hydrogen) atoms. The summed E-state index contributed by atoms with van der Waals surface area (Å²) in [5.74, 6) is -0.534. The first kappa shape index (κ1) is 12.6. The van der Waals surface area contributed by atoms with Crippen molar-refractivity contribution in [1.82, 2.24) is 4.57 Å². The number of nitrogen functional groups attached to an aromatic ring is 1. The van der Waals surface area contributed by atoms with E-state index in [9.17, 15) is 9.59 Å². The highest BCUT2D eigenvalue weighted by molar-refractivity contribution is 5.94. The van der Waals surface area contributed by atoms with E-state index in [1.807, 2.05) is 0 Å². The molecular formula is C12H16N2O4. The maximum absolute atomic E-state index is 11.9. The molecule has 2 rings (SSSR count). The number of nitrogens with two attached hydrogens (primary N) is 1. The zero-order chi connectivity index (χ0) is 13.1. The minimum Gasteiger partial charge on any atom is -0.465 e. The molecule has 1 fully saturated rings. The van der Waals surface area contributed by atoms with Crippen LogP contribution in [-0.2, 0) is 9.47 Å². The molecule has 98 valence electrons. The van der Waals surface area contributed by atoms with Crippen molar-refractivity contribution in [3.8, 4) is 0 Å². The van der Waals surface area contributed by atoms with Gasteiger partial charge >= 0.3 is 5.97 Å². The van der Waals surface area contributed by atoms with Gasteiger partial charge in [0.1, 0.15) is 0 Å². The minimum atomic E-state index is -0.534. The molecule has 0 radical (unpaired) electrons. The van der Waals surface area contributed by atoms with Gasteiger partial charge in [0.2, 0.25) is 0 Å². The number of aromatic nitrogens is 1. The summed E-state index contributed by atoms with van der Waals surface area (Å²) < 4.78 is 11.4. The first-order chi connectivity index (χ1) is 8.63. The lowest BCUT2D eigenvalue weighted by Crippen LogP contribution is -2.30. The summed E-state index contributed by atoms with van der Waals surface area (Å²) in [6, 6.07) is 1.32. The van der Waals surface area contributed by atoms with Gasteiger partial charge in [-0.3, -0.25) is 4.79 Å². The molecule has 6 heteroatoms. The summed E-state index contributed by atoms with van der Waals surface area (Å²) in [7, 11) is 1.28.